The molecule has 6 heteroatoms. The summed E-state index contributed by atoms with van der Waals surface area (Å²) in [7, 11) is 1.54. The fourth-order valence-corrected chi connectivity index (χ4v) is 1.01. The van der Waals surface area contributed by atoms with Crippen LogP contribution in [0.2, 0.25) is 0 Å². The number of amides is 2. The minimum Gasteiger partial charge on any atom is -0.481 e. The molecule has 0 radical (unpaired) electrons. The summed E-state index contributed by atoms with van der Waals surface area (Å²) in [6, 6.07) is -0.380. The van der Waals surface area contributed by atoms with Gasteiger partial charge in [0.15, 0.2) is 0 Å². The van der Waals surface area contributed by atoms with Crippen molar-refractivity contribution in [3.8, 4) is 0 Å². The highest BCUT2D eigenvalue weighted by Crippen LogP contribution is 2.19. The van der Waals surface area contributed by atoms with Crippen molar-refractivity contribution in [2.45, 2.75) is 20.3 Å². The fraction of sp³-hybridized carbons (Fsp3) is 0.800. The second kappa shape index (κ2) is 6.32. The number of likely N-dealkylation sites (N-methyl/N-ethyl adjacent to an activating group) is 1. The van der Waals surface area contributed by atoms with E-state index in [2.05, 4.69) is 5.32 Å². The summed E-state index contributed by atoms with van der Waals surface area (Å²) < 4.78 is 0. The van der Waals surface area contributed by atoms with E-state index in [4.69, 9.17) is 10.2 Å². The normalized spacial score (nSPS) is 14.0. The van der Waals surface area contributed by atoms with E-state index >= 15 is 0 Å². The number of rotatable bonds is 6. The maximum Gasteiger partial charge on any atom is 0.317 e. The Kier molecular flexibility index (Phi) is 5.81. The zero-order chi connectivity index (χ0) is 12.8. The van der Waals surface area contributed by atoms with E-state index in [0.29, 0.717) is 6.42 Å². The Morgan fingerprint density at radius 1 is 1.44 bits per heavy atom. The smallest absolute Gasteiger partial charge is 0.317 e. The highest BCUT2D eigenvalue weighted by Gasteiger charge is 2.31. The van der Waals surface area contributed by atoms with E-state index in [0.717, 1.165) is 0 Å². The number of hydrogen-bond donors (Lipinski definition) is 3. The van der Waals surface area contributed by atoms with Crippen LogP contribution in [0.3, 0.4) is 0 Å². The molecule has 0 saturated carbocycles. The Hall–Kier alpha value is -1.30. The van der Waals surface area contributed by atoms with Crippen molar-refractivity contribution < 1.29 is 19.8 Å². The van der Waals surface area contributed by atoms with Gasteiger partial charge in [0.25, 0.3) is 0 Å². The molecule has 1 atom stereocenters. The van der Waals surface area contributed by atoms with E-state index in [1.165, 1.54) is 11.9 Å². The van der Waals surface area contributed by atoms with Crippen LogP contribution in [0.1, 0.15) is 20.3 Å². The summed E-state index contributed by atoms with van der Waals surface area (Å²) in [6.45, 7) is 3.53. The number of hydrogen-bond acceptors (Lipinski definition) is 3. The summed E-state index contributed by atoms with van der Waals surface area (Å²) in [4.78, 5) is 23.7. The Morgan fingerprint density at radius 3 is 2.38 bits per heavy atom. The molecule has 0 aliphatic carbocycles. The summed E-state index contributed by atoms with van der Waals surface area (Å²) in [6.07, 6.45) is 0.437. The van der Waals surface area contributed by atoms with Crippen molar-refractivity contribution in [1.82, 2.24) is 10.2 Å². The molecule has 0 aromatic heterocycles. The summed E-state index contributed by atoms with van der Waals surface area (Å²) >= 11 is 0. The number of nitrogens with one attached hydrogen (secondary N) is 1. The minimum absolute atomic E-state index is 0.0768. The monoisotopic (exact) mass is 232 g/mol. The standard InChI is InChI=1S/C10H20N2O4/c1-4-10(2,8(14)15)7-11-9(16)12(3)5-6-13/h13H,4-7H2,1-3H3,(H,11,16)(H,14,15). The van der Waals surface area contributed by atoms with E-state index in [9.17, 15) is 9.59 Å². The third kappa shape index (κ3) is 4.06. The van der Waals surface area contributed by atoms with Crippen LogP contribution >= 0.6 is 0 Å². The van der Waals surface area contributed by atoms with Crippen LogP contribution in [-0.2, 0) is 4.79 Å². The predicted molar refractivity (Wildman–Crippen MR) is 59.1 cm³/mol. The number of urea groups is 1. The van der Waals surface area contributed by atoms with Gasteiger partial charge in [-0.25, -0.2) is 4.79 Å². The van der Waals surface area contributed by atoms with Crippen LogP contribution in [0.5, 0.6) is 0 Å². The Labute approximate surface area is 95.2 Å². The molecule has 0 fully saturated rings. The molecule has 0 bridgehead atoms. The van der Waals surface area contributed by atoms with Crippen LogP contribution in [0.4, 0.5) is 4.79 Å². The molecule has 2 amide bonds. The molecule has 6 nitrogen and oxygen atoms in total. The molecule has 16 heavy (non-hydrogen) atoms. The van der Waals surface area contributed by atoms with E-state index in [1.807, 2.05) is 0 Å². The zero-order valence-electron chi connectivity index (χ0n) is 9.99. The molecule has 0 aromatic rings. The molecule has 1 unspecified atom stereocenters. The molecular weight excluding hydrogens is 212 g/mol. The summed E-state index contributed by atoms with van der Waals surface area (Å²) in [5, 5.41) is 20.1. The number of carboxylic acids is 1. The van der Waals surface area contributed by atoms with Gasteiger partial charge in [0.05, 0.1) is 12.0 Å². The van der Waals surface area contributed by atoms with Crippen molar-refractivity contribution in [3.05, 3.63) is 0 Å². The Morgan fingerprint density at radius 2 is 2.00 bits per heavy atom. The van der Waals surface area contributed by atoms with E-state index in [1.54, 1.807) is 13.8 Å². The first-order valence-electron chi connectivity index (χ1n) is 5.20. The van der Waals surface area contributed by atoms with Gasteiger partial charge < -0.3 is 20.4 Å². The Bertz CT molecular complexity index is 257. The topological polar surface area (TPSA) is 89.9 Å². The van der Waals surface area contributed by atoms with Crippen LogP contribution in [0.15, 0.2) is 0 Å². The van der Waals surface area contributed by atoms with E-state index < -0.39 is 11.4 Å². The number of aliphatic hydroxyl groups is 1. The van der Waals surface area contributed by atoms with Gasteiger partial charge in [-0.1, -0.05) is 6.92 Å². The lowest BCUT2D eigenvalue weighted by Crippen LogP contribution is -2.45. The lowest BCUT2D eigenvalue weighted by molar-refractivity contribution is -0.147. The first kappa shape index (κ1) is 14.7. The van der Waals surface area contributed by atoms with Crippen molar-refractivity contribution >= 4 is 12.0 Å². The average Bonchev–Trinajstić information content (AvgIpc) is 2.25. The molecular formula is C10H20N2O4. The van der Waals surface area contributed by atoms with Crippen molar-refractivity contribution in [3.63, 3.8) is 0 Å². The summed E-state index contributed by atoms with van der Waals surface area (Å²) in [5.41, 5.74) is -0.949. The lowest BCUT2D eigenvalue weighted by atomic mass is 9.88. The number of carboxylic acid groups (broad SMARTS) is 1. The van der Waals surface area contributed by atoms with Crippen molar-refractivity contribution in [1.29, 1.82) is 0 Å². The van der Waals surface area contributed by atoms with Crippen molar-refractivity contribution in [2.75, 3.05) is 26.7 Å². The molecule has 3 N–H and O–H groups in total. The Balaban J connectivity index is 4.22. The first-order valence-corrected chi connectivity index (χ1v) is 5.20. The van der Waals surface area contributed by atoms with Crippen LogP contribution in [-0.4, -0.2) is 53.9 Å². The van der Waals surface area contributed by atoms with Gasteiger partial charge in [0.1, 0.15) is 0 Å². The van der Waals surface area contributed by atoms with Gasteiger partial charge in [0.2, 0.25) is 0 Å². The molecule has 0 spiro atoms. The fourth-order valence-electron chi connectivity index (χ4n) is 1.01. The highest BCUT2D eigenvalue weighted by atomic mass is 16.4. The maximum atomic E-state index is 11.4. The molecule has 0 saturated heterocycles. The van der Waals surface area contributed by atoms with Gasteiger partial charge in [0, 0.05) is 20.1 Å². The SMILES string of the molecule is CCC(C)(CNC(=O)N(C)CCO)C(=O)O. The number of carbonyl (C=O) groups is 2. The second-order valence-electron chi connectivity index (χ2n) is 4.02. The first-order chi connectivity index (χ1) is 7.37. The maximum absolute atomic E-state index is 11.4. The van der Waals surface area contributed by atoms with Gasteiger partial charge >= 0.3 is 12.0 Å². The van der Waals surface area contributed by atoms with Crippen molar-refractivity contribution in [2.24, 2.45) is 5.41 Å². The molecule has 94 valence electrons. The number of aliphatic carboxylic acids is 1. The van der Waals surface area contributed by atoms with Crippen LogP contribution in [0.25, 0.3) is 0 Å². The third-order valence-corrected chi connectivity index (χ3v) is 2.71. The van der Waals surface area contributed by atoms with Crippen LogP contribution in [0, 0.1) is 5.41 Å². The summed E-state index contributed by atoms with van der Waals surface area (Å²) in [5.74, 6) is -0.930. The molecule has 0 aromatic carbocycles. The number of nitrogens with zero attached hydrogens (tertiary/aromatic N) is 1. The van der Waals surface area contributed by atoms with Gasteiger partial charge in [-0.2, -0.15) is 0 Å². The number of carbonyl (C=O) groups excluding carboxylic acids is 1. The highest BCUT2D eigenvalue weighted by molar-refractivity contribution is 5.77. The van der Waals surface area contributed by atoms with E-state index in [-0.39, 0.29) is 25.7 Å². The number of aliphatic hydroxyl groups excluding tert-OH is 1. The average molecular weight is 232 g/mol. The van der Waals surface area contributed by atoms with Gasteiger partial charge in [-0.15, -0.1) is 0 Å². The molecule has 0 rings (SSSR count). The lowest BCUT2D eigenvalue weighted by Gasteiger charge is -2.25. The second-order valence-corrected chi connectivity index (χ2v) is 4.02. The third-order valence-electron chi connectivity index (χ3n) is 2.71. The van der Waals surface area contributed by atoms with Gasteiger partial charge in [-0.05, 0) is 13.3 Å². The van der Waals surface area contributed by atoms with Gasteiger partial charge in [-0.3, -0.25) is 4.79 Å². The predicted octanol–water partition coefficient (Wildman–Crippen LogP) is 0.121. The molecule has 0 heterocycles. The van der Waals surface area contributed by atoms with Crippen LogP contribution < -0.4 is 5.32 Å². The molecule has 0 aliphatic heterocycles. The largest absolute Gasteiger partial charge is 0.481 e. The molecule has 0 aliphatic rings. The quantitative estimate of drug-likeness (QED) is 0.607. The zero-order valence-corrected chi connectivity index (χ0v) is 9.99. The minimum atomic E-state index is -0.949.